The fraction of sp³-hybridized carbons (Fsp3) is 0.600. The van der Waals surface area contributed by atoms with Crippen molar-refractivity contribution in [2.24, 2.45) is 5.92 Å². The lowest BCUT2D eigenvalue weighted by Crippen LogP contribution is -2.49. The predicted molar refractivity (Wildman–Crippen MR) is 106 cm³/mol. The quantitative estimate of drug-likeness (QED) is 0.578. The van der Waals surface area contributed by atoms with Gasteiger partial charge >= 0.3 is 6.18 Å². The van der Waals surface area contributed by atoms with Crippen molar-refractivity contribution in [3.05, 3.63) is 12.1 Å². The Hall–Kier alpha value is -2.69. The van der Waals surface area contributed by atoms with Gasteiger partial charge in [-0.05, 0) is 6.92 Å². The number of nitrogens with zero attached hydrogens (tertiary/aromatic N) is 2. The zero-order valence-corrected chi connectivity index (χ0v) is 18.1. The van der Waals surface area contributed by atoms with Crippen molar-refractivity contribution in [1.82, 2.24) is 4.90 Å². The highest BCUT2D eigenvalue weighted by molar-refractivity contribution is 6.00. The molecule has 1 aliphatic heterocycles. The van der Waals surface area contributed by atoms with Gasteiger partial charge in [0.05, 0.1) is 45.6 Å². The van der Waals surface area contributed by atoms with Crippen LogP contribution in [0.25, 0.3) is 0 Å². The second kappa shape index (κ2) is 10.1. The molecule has 174 valence electrons. The van der Waals surface area contributed by atoms with Gasteiger partial charge in [0.1, 0.15) is 6.54 Å². The van der Waals surface area contributed by atoms with Crippen LogP contribution < -0.4 is 19.1 Å². The molecule has 0 radical (unpaired) electrons. The molecule has 0 spiro atoms. The molecule has 0 bridgehead atoms. The van der Waals surface area contributed by atoms with E-state index in [2.05, 4.69) is 0 Å². The summed E-state index contributed by atoms with van der Waals surface area (Å²) in [5.41, 5.74) is 0.391. The third-order valence-electron chi connectivity index (χ3n) is 5.01. The summed E-state index contributed by atoms with van der Waals surface area (Å²) in [5.74, 6) is -1.10. The van der Waals surface area contributed by atoms with Crippen LogP contribution >= 0.6 is 0 Å². The first-order valence-corrected chi connectivity index (χ1v) is 9.52. The van der Waals surface area contributed by atoms with Crippen LogP contribution in [-0.2, 0) is 14.3 Å². The van der Waals surface area contributed by atoms with Gasteiger partial charge in [0.2, 0.25) is 17.6 Å². The minimum absolute atomic E-state index is 0.0565. The van der Waals surface area contributed by atoms with Crippen LogP contribution in [0, 0.1) is 5.92 Å². The topological polar surface area (TPSA) is 77.5 Å². The number of amides is 2. The summed E-state index contributed by atoms with van der Waals surface area (Å²) in [7, 11) is 5.63. The van der Waals surface area contributed by atoms with Crippen molar-refractivity contribution in [2.75, 3.05) is 53.0 Å². The average molecular weight is 448 g/mol. The number of rotatable bonds is 9. The summed E-state index contributed by atoms with van der Waals surface area (Å²) in [6, 6.07) is 2.30. The number of anilines is 1. The van der Waals surface area contributed by atoms with Crippen LogP contribution in [-0.4, -0.2) is 77.1 Å². The van der Waals surface area contributed by atoms with E-state index >= 15 is 0 Å². The van der Waals surface area contributed by atoms with Crippen molar-refractivity contribution < 1.29 is 41.7 Å². The zero-order valence-electron chi connectivity index (χ0n) is 18.1. The van der Waals surface area contributed by atoms with E-state index in [1.165, 1.54) is 40.3 Å². The van der Waals surface area contributed by atoms with Gasteiger partial charge in [0.15, 0.2) is 11.5 Å². The lowest BCUT2D eigenvalue weighted by molar-refractivity contribution is -0.169. The fourth-order valence-electron chi connectivity index (χ4n) is 3.56. The summed E-state index contributed by atoms with van der Waals surface area (Å²) in [5, 5.41) is 0. The number of halogens is 3. The second-order valence-electron chi connectivity index (χ2n) is 7.17. The van der Waals surface area contributed by atoms with Gasteiger partial charge in [-0.25, -0.2) is 0 Å². The monoisotopic (exact) mass is 448 g/mol. The number of hydrogen-bond acceptors (Lipinski definition) is 6. The van der Waals surface area contributed by atoms with Gasteiger partial charge < -0.3 is 28.7 Å². The van der Waals surface area contributed by atoms with Crippen LogP contribution in [0.1, 0.15) is 13.3 Å². The number of carbonyl (C=O) groups is 2. The van der Waals surface area contributed by atoms with Crippen LogP contribution in [0.15, 0.2) is 12.1 Å². The largest absolute Gasteiger partial charge is 0.493 e. The normalized spacial score (nSPS) is 17.5. The van der Waals surface area contributed by atoms with Gasteiger partial charge in [-0.3, -0.25) is 9.59 Å². The summed E-state index contributed by atoms with van der Waals surface area (Å²) in [6.07, 6.45) is -4.78. The maximum atomic E-state index is 13.1. The highest BCUT2D eigenvalue weighted by atomic mass is 19.4. The second-order valence-corrected chi connectivity index (χ2v) is 7.17. The molecule has 1 saturated heterocycles. The molecular formula is C20H27F3N2O6. The number of methoxy groups -OCH3 is 4. The molecule has 0 unspecified atom stereocenters. The van der Waals surface area contributed by atoms with Crippen molar-refractivity contribution in [3.63, 3.8) is 0 Å². The van der Waals surface area contributed by atoms with E-state index in [4.69, 9.17) is 18.9 Å². The first kappa shape index (κ1) is 24.6. The SMILES string of the molecule is COC[C@H](C)N(CC(F)(F)F)C(=O)[C@H]1CC(=O)N(c2cc(OC)c(OC)c(OC)c2)C1. The minimum Gasteiger partial charge on any atom is -0.493 e. The summed E-state index contributed by atoms with van der Waals surface area (Å²) in [6.45, 7) is -0.0600. The molecule has 8 nitrogen and oxygen atoms in total. The molecule has 0 aromatic heterocycles. The first-order chi connectivity index (χ1) is 14.6. The first-order valence-electron chi connectivity index (χ1n) is 9.52. The Labute approximate surface area is 178 Å². The molecule has 1 aromatic carbocycles. The zero-order chi connectivity index (χ0) is 23.3. The molecule has 1 aliphatic rings. The van der Waals surface area contributed by atoms with E-state index < -0.39 is 30.6 Å². The van der Waals surface area contributed by atoms with E-state index in [-0.39, 0.29) is 25.5 Å². The van der Waals surface area contributed by atoms with E-state index in [1.54, 1.807) is 12.1 Å². The number of hydrogen-bond donors (Lipinski definition) is 0. The van der Waals surface area contributed by atoms with Crippen LogP contribution in [0.3, 0.4) is 0 Å². The van der Waals surface area contributed by atoms with Gasteiger partial charge in [0.25, 0.3) is 0 Å². The van der Waals surface area contributed by atoms with Crippen molar-refractivity contribution in [3.8, 4) is 17.2 Å². The molecule has 0 aliphatic carbocycles. The Balaban J connectivity index is 2.30. The van der Waals surface area contributed by atoms with Crippen LogP contribution in [0.5, 0.6) is 17.2 Å². The van der Waals surface area contributed by atoms with Crippen LogP contribution in [0.4, 0.5) is 18.9 Å². The molecule has 0 saturated carbocycles. The summed E-state index contributed by atoms with van der Waals surface area (Å²) in [4.78, 5) is 27.6. The smallest absolute Gasteiger partial charge is 0.406 e. The van der Waals surface area contributed by atoms with Crippen molar-refractivity contribution in [1.29, 1.82) is 0 Å². The lowest BCUT2D eigenvalue weighted by Gasteiger charge is -2.31. The summed E-state index contributed by atoms with van der Waals surface area (Å²) >= 11 is 0. The molecule has 31 heavy (non-hydrogen) atoms. The van der Waals surface area contributed by atoms with Crippen LogP contribution in [0.2, 0.25) is 0 Å². The van der Waals surface area contributed by atoms with Gasteiger partial charge in [-0.15, -0.1) is 0 Å². The van der Waals surface area contributed by atoms with Crippen molar-refractivity contribution >= 4 is 17.5 Å². The molecule has 11 heteroatoms. The molecule has 2 atom stereocenters. The molecule has 2 amide bonds. The number of carbonyl (C=O) groups excluding carboxylic acids is 2. The molecule has 1 aromatic rings. The Bertz CT molecular complexity index is 777. The fourth-order valence-corrected chi connectivity index (χ4v) is 3.56. The molecule has 1 heterocycles. The van der Waals surface area contributed by atoms with Gasteiger partial charge in [-0.2, -0.15) is 13.2 Å². The maximum absolute atomic E-state index is 13.1. The standard InChI is InChI=1S/C20H27F3N2O6/c1-12(10-28-2)25(11-20(21,22)23)19(27)13-6-17(26)24(9-13)14-7-15(29-3)18(31-5)16(8-14)30-4/h7-8,12-13H,6,9-11H2,1-5H3/t12-,13-/m0/s1. The Morgan fingerprint density at radius 3 is 2.19 bits per heavy atom. The number of ether oxygens (including phenoxy) is 4. The van der Waals surface area contributed by atoms with Crippen molar-refractivity contribution in [2.45, 2.75) is 25.6 Å². The predicted octanol–water partition coefficient (Wildman–Crippen LogP) is 2.49. The Morgan fingerprint density at radius 1 is 1.16 bits per heavy atom. The summed E-state index contributed by atoms with van der Waals surface area (Å²) < 4.78 is 59.9. The number of alkyl halides is 3. The van der Waals surface area contributed by atoms with E-state index in [0.29, 0.717) is 22.9 Å². The van der Waals surface area contributed by atoms with E-state index in [0.717, 1.165) is 4.90 Å². The Kier molecular flexibility index (Phi) is 7.99. The molecule has 0 N–H and O–H groups in total. The molecule has 1 fully saturated rings. The maximum Gasteiger partial charge on any atom is 0.406 e. The van der Waals surface area contributed by atoms with E-state index in [1.807, 2.05) is 0 Å². The highest BCUT2D eigenvalue weighted by Gasteiger charge is 2.42. The van der Waals surface area contributed by atoms with E-state index in [9.17, 15) is 22.8 Å². The van der Waals surface area contributed by atoms with Gasteiger partial charge in [0, 0.05) is 32.2 Å². The lowest BCUT2D eigenvalue weighted by atomic mass is 10.1. The third-order valence-corrected chi connectivity index (χ3v) is 5.01. The Morgan fingerprint density at radius 2 is 1.74 bits per heavy atom. The minimum atomic E-state index is -4.57. The van der Waals surface area contributed by atoms with Gasteiger partial charge in [-0.1, -0.05) is 0 Å². The average Bonchev–Trinajstić information content (AvgIpc) is 3.11. The molecule has 2 rings (SSSR count). The highest BCUT2D eigenvalue weighted by Crippen LogP contribution is 2.42. The third kappa shape index (κ3) is 5.72. The molecular weight excluding hydrogens is 421 g/mol. The number of benzene rings is 1.